The number of carbonyl (C=O) groups excluding carboxylic acids is 1. The van der Waals surface area contributed by atoms with Crippen LogP contribution in [0.25, 0.3) is 0 Å². The molecule has 0 aromatic carbocycles. The minimum Gasteiger partial charge on any atom is -0.354 e. The van der Waals surface area contributed by atoms with Gasteiger partial charge in [0.15, 0.2) is 0 Å². The van der Waals surface area contributed by atoms with E-state index in [4.69, 9.17) is 0 Å². The molecular weight excluding hydrogens is 264 g/mol. The van der Waals surface area contributed by atoms with E-state index in [-0.39, 0.29) is 17.4 Å². The highest BCUT2D eigenvalue weighted by Gasteiger charge is 2.25. The van der Waals surface area contributed by atoms with Gasteiger partial charge in [-0.25, -0.2) is 0 Å². The molecule has 0 aliphatic carbocycles. The number of nitrogens with one attached hydrogen (secondary N) is 2. The largest absolute Gasteiger partial charge is 0.354 e. The van der Waals surface area contributed by atoms with E-state index in [2.05, 4.69) is 42.0 Å². The number of thiophene rings is 1. The Bertz CT molecular complexity index is 384. The van der Waals surface area contributed by atoms with Crippen molar-refractivity contribution < 1.29 is 4.79 Å². The fourth-order valence-electron chi connectivity index (χ4n) is 1.92. The lowest BCUT2D eigenvalue weighted by Gasteiger charge is -2.27. The minimum absolute atomic E-state index is 0.00559. The van der Waals surface area contributed by atoms with E-state index in [1.807, 2.05) is 11.8 Å². The van der Waals surface area contributed by atoms with Gasteiger partial charge in [0, 0.05) is 34.9 Å². The number of rotatable bonds is 4. The van der Waals surface area contributed by atoms with Gasteiger partial charge in [0.1, 0.15) is 0 Å². The van der Waals surface area contributed by atoms with E-state index < -0.39 is 0 Å². The summed E-state index contributed by atoms with van der Waals surface area (Å²) in [5.74, 6) is 2.11. The van der Waals surface area contributed by atoms with Crippen LogP contribution in [0.1, 0.15) is 18.7 Å². The van der Waals surface area contributed by atoms with Crippen molar-refractivity contribution in [3.8, 4) is 0 Å². The molecule has 1 aromatic heterocycles. The molecule has 2 heterocycles. The Morgan fingerprint density at radius 3 is 3.06 bits per heavy atom. The average molecular weight is 284 g/mol. The van der Waals surface area contributed by atoms with Gasteiger partial charge in [0.05, 0.1) is 6.04 Å². The number of thioether (sulfide) groups is 1. The van der Waals surface area contributed by atoms with Crippen LogP contribution in [0.3, 0.4) is 0 Å². The van der Waals surface area contributed by atoms with Gasteiger partial charge in [0.25, 0.3) is 0 Å². The number of amides is 1. The second-order valence-corrected chi connectivity index (χ2v) is 7.26. The van der Waals surface area contributed by atoms with E-state index in [1.165, 1.54) is 4.88 Å². The molecule has 1 unspecified atom stereocenters. The third-order valence-corrected chi connectivity index (χ3v) is 5.43. The predicted octanol–water partition coefficient (Wildman–Crippen LogP) is 1.85. The SMILES string of the molecule is CC(C)(CNC(=O)C1CSCCN1)c1cccs1. The second-order valence-electron chi connectivity index (χ2n) is 5.16. The third-order valence-electron chi connectivity index (χ3n) is 3.13. The molecule has 18 heavy (non-hydrogen) atoms. The lowest BCUT2D eigenvalue weighted by atomic mass is 9.91. The second kappa shape index (κ2) is 6.08. The average Bonchev–Trinajstić information content (AvgIpc) is 2.92. The molecule has 0 spiro atoms. The van der Waals surface area contributed by atoms with Gasteiger partial charge in [-0.1, -0.05) is 19.9 Å². The summed E-state index contributed by atoms with van der Waals surface area (Å²) in [6.45, 7) is 5.95. The summed E-state index contributed by atoms with van der Waals surface area (Å²) in [5, 5.41) is 8.41. The Labute approximate surface area is 117 Å². The van der Waals surface area contributed by atoms with E-state index in [9.17, 15) is 4.79 Å². The molecule has 0 radical (unpaired) electrons. The smallest absolute Gasteiger partial charge is 0.238 e. The molecule has 3 nitrogen and oxygen atoms in total. The first-order valence-corrected chi connectivity index (χ1v) is 8.26. The summed E-state index contributed by atoms with van der Waals surface area (Å²) >= 11 is 3.59. The molecule has 5 heteroatoms. The molecule has 1 aliphatic heterocycles. The van der Waals surface area contributed by atoms with Gasteiger partial charge < -0.3 is 10.6 Å². The maximum Gasteiger partial charge on any atom is 0.238 e. The van der Waals surface area contributed by atoms with Gasteiger partial charge in [-0.05, 0) is 11.4 Å². The molecule has 2 rings (SSSR count). The predicted molar refractivity (Wildman–Crippen MR) is 79.5 cm³/mol. The van der Waals surface area contributed by atoms with E-state index in [1.54, 1.807) is 11.3 Å². The summed E-state index contributed by atoms with van der Waals surface area (Å²) in [6.07, 6.45) is 0. The summed E-state index contributed by atoms with van der Waals surface area (Å²) < 4.78 is 0. The van der Waals surface area contributed by atoms with Crippen molar-refractivity contribution in [1.29, 1.82) is 0 Å². The van der Waals surface area contributed by atoms with Crippen LogP contribution in [-0.4, -0.2) is 36.5 Å². The molecule has 0 bridgehead atoms. The molecule has 1 fully saturated rings. The number of hydrogen-bond acceptors (Lipinski definition) is 4. The van der Waals surface area contributed by atoms with E-state index in [0.29, 0.717) is 6.54 Å². The number of carbonyl (C=O) groups is 1. The standard InChI is InChI=1S/C13H20N2OS2/c1-13(2,11-4-3-6-18-11)9-15-12(16)10-8-17-7-5-14-10/h3-4,6,10,14H,5,7-9H2,1-2H3,(H,15,16). The Kier molecular flexibility index (Phi) is 4.70. The van der Waals surface area contributed by atoms with Crippen LogP contribution in [0.4, 0.5) is 0 Å². The lowest BCUT2D eigenvalue weighted by molar-refractivity contribution is -0.122. The first-order chi connectivity index (χ1) is 8.59. The molecule has 0 saturated carbocycles. The zero-order valence-electron chi connectivity index (χ0n) is 10.9. The maximum absolute atomic E-state index is 12.0. The summed E-state index contributed by atoms with van der Waals surface area (Å²) in [7, 11) is 0. The highest BCUT2D eigenvalue weighted by atomic mass is 32.2. The van der Waals surface area contributed by atoms with Crippen molar-refractivity contribution in [3.05, 3.63) is 22.4 Å². The summed E-state index contributed by atoms with van der Waals surface area (Å²) in [4.78, 5) is 13.3. The zero-order valence-corrected chi connectivity index (χ0v) is 12.5. The molecular formula is C13H20N2OS2. The molecule has 1 amide bonds. The van der Waals surface area contributed by atoms with Crippen LogP contribution in [0.2, 0.25) is 0 Å². The van der Waals surface area contributed by atoms with Gasteiger partial charge in [0.2, 0.25) is 5.91 Å². The molecule has 100 valence electrons. The highest BCUT2D eigenvalue weighted by molar-refractivity contribution is 7.99. The third kappa shape index (κ3) is 3.49. The van der Waals surface area contributed by atoms with Crippen LogP contribution >= 0.6 is 23.1 Å². The summed E-state index contributed by atoms with van der Waals surface area (Å²) in [5.41, 5.74) is 0.00559. The summed E-state index contributed by atoms with van der Waals surface area (Å²) in [6, 6.07) is 4.16. The van der Waals surface area contributed by atoms with Gasteiger partial charge >= 0.3 is 0 Å². The van der Waals surface area contributed by atoms with Crippen LogP contribution in [0.15, 0.2) is 17.5 Å². The molecule has 1 aliphatic rings. The Morgan fingerprint density at radius 1 is 1.61 bits per heavy atom. The van der Waals surface area contributed by atoms with Crippen molar-refractivity contribution in [3.63, 3.8) is 0 Å². The maximum atomic E-state index is 12.0. The Balaban J connectivity index is 1.85. The topological polar surface area (TPSA) is 41.1 Å². The van der Waals surface area contributed by atoms with Crippen molar-refractivity contribution in [2.45, 2.75) is 25.3 Å². The Morgan fingerprint density at radius 2 is 2.44 bits per heavy atom. The van der Waals surface area contributed by atoms with Crippen molar-refractivity contribution in [2.24, 2.45) is 0 Å². The highest BCUT2D eigenvalue weighted by Crippen LogP contribution is 2.26. The lowest BCUT2D eigenvalue weighted by Crippen LogP contribution is -2.51. The van der Waals surface area contributed by atoms with Crippen molar-refractivity contribution in [2.75, 3.05) is 24.6 Å². The van der Waals surface area contributed by atoms with Crippen LogP contribution in [0.5, 0.6) is 0 Å². The minimum atomic E-state index is -0.0251. The van der Waals surface area contributed by atoms with Crippen LogP contribution < -0.4 is 10.6 Å². The van der Waals surface area contributed by atoms with Crippen LogP contribution in [0, 0.1) is 0 Å². The first-order valence-electron chi connectivity index (χ1n) is 6.22. The molecule has 1 saturated heterocycles. The van der Waals surface area contributed by atoms with Gasteiger partial charge in [-0.3, -0.25) is 4.79 Å². The number of hydrogen-bond donors (Lipinski definition) is 2. The van der Waals surface area contributed by atoms with Crippen molar-refractivity contribution >= 4 is 29.0 Å². The zero-order chi connectivity index (χ0) is 13.0. The van der Waals surface area contributed by atoms with Gasteiger partial charge in [-0.2, -0.15) is 11.8 Å². The first kappa shape index (κ1) is 13.9. The van der Waals surface area contributed by atoms with E-state index in [0.717, 1.165) is 18.1 Å². The molecule has 1 atom stereocenters. The molecule has 2 N–H and O–H groups in total. The molecule has 1 aromatic rings. The fraction of sp³-hybridized carbons (Fsp3) is 0.615. The van der Waals surface area contributed by atoms with Crippen molar-refractivity contribution in [1.82, 2.24) is 10.6 Å². The van der Waals surface area contributed by atoms with Gasteiger partial charge in [-0.15, -0.1) is 11.3 Å². The monoisotopic (exact) mass is 284 g/mol. The van der Waals surface area contributed by atoms with E-state index >= 15 is 0 Å². The van der Waals surface area contributed by atoms with Crippen LogP contribution in [-0.2, 0) is 10.2 Å². The Hall–Kier alpha value is -0.520. The quantitative estimate of drug-likeness (QED) is 0.886. The fourth-order valence-corrected chi connectivity index (χ4v) is 3.70. The normalized spacial score (nSPS) is 20.7.